The highest BCUT2D eigenvalue weighted by molar-refractivity contribution is 9.10. The fourth-order valence-corrected chi connectivity index (χ4v) is 3.81. The third-order valence-corrected chi connectivity index (χ3v) is 5.24. The first kappa shape index (κ1) is 21.2. The molecular formula is C20H14BrF4N3O3. The van der Waals surface area contributed by atoms with Crippen LogP contribution in [0.4, 0.5) is 17.6 Å². The van der Waals surface area contributed by atoms with E-state index in [1.807, 2.05) is 0 Å². The van der Waals surface area contributed by atoms with Gasteiger partial charge in [-0.3, -0.25) is 9.78 Å². The number of carbonyl (C=O) groups is 1. The number of nitrogens with zero attached hydrogens (tertiary/aromatic N) is 1. The SMILES string of the molecule is O=C(NC1(c2ccc(OC(F)(F)F)c(F)c2)CCOc2cccnc21)c1cc(Br)c[nH]1. The Bertz CT molecular complexity index is 1130. The van der Waals surface area contributed by atoms with E-state index < -0.39 is 29.4 Å². The highest BCUT2D eigenvalue weighted by Gasteiger charge is 2.43. The largest absolute Gasteiger partial charge is 0.573 e. The number of amides is 1. The molecule has 162 valence electrons. The lowest BCUT2D eigenvalue weighted by atomic mass is 9.81. The van der Waals surface area contributed by atoms with Crippen molar-refractivity contribution >= 4 is 21.8 Å². The Kier molecular flexibility index (Phi) is 5.38. The molecule has 3 aromatic rings. The number of carbonyl (C=O) groups excluding carboxylic acids is 1. The third kappa shape index (κ3) is 4.22. The maximum Gasteiger partial charge on any atom is 0.573 e. The van der Waals surface area contributed by atoms with Gasteiger partial charge in [-0.1, -0.05) is 6.07 Å². The minimum absolute atomic E-state index is 0.163. The highest BCUT2D eigenvalue weighted by atomic mass is 79.9. The Labute approximate surface area is 181 Å². The number of rotatable bonds is 4. The number of aromatic nitrogens is 2. The number of aromatic amines is 1. The van der Waals surface area contributed by atoms with Crippen molar-refractivity contribution in [1.82, 2.24) is 15.3 Å². The summed E-state index contributed by atoms with van der Waals surface area (Å²) in [6, 6.07) is 7.87. The molecule has 0 radical (unpaired) electrons. The summed E-state index contributed by atoms with van der Waals surface area (Å²) < 4.78 is 62.1. The van der Waals surface area contributed by atoms with Crippen LogP contribution in [-0.4, -0.2) is 28.8 Å². The van der Waals surface area contributed by atoms with Crippen LogP contribution in [0, 0.1) is 5.82 Å². The van der Waals surface area contributed by atoms with E-state index in [4.69, 9.17) is 4.74 Å². The summed E-state index contributed by atoms with van der Waals surface area (Å²) >= 11 is 3.25. The molecule has 0 spiro atoms. The summed E-state index contributed by atoms with van der Waals surface area (Å²) in [6.07, 6.45) is -1.82. The van der Waals surface area contributed by atoms with E-state index in [1.165, 1.54) is 12.3 Å². The van der Waals surface area contributed by atoms with Gasteiger partial charge in [-0.2, -0.15) is 0 Å². The molecular weight excluding hydrogens is 486 g/mol. The summed E-state index contributed by atoms with van der Waals surface area (Å²) in [5.74, 6) is -2.34. The Morgan fingerprint density at radius 3 is 2.77 bits per heavy atom. The standard InChI is InChI=1S/C20H14BrF4N3O3/c21-12-9-14(27-10-12)18(29)28-19(5-7-30-16-2-1-6-26-17(16)19)11-3-4-15(13(22)8-11)31-20(23,24)25/h1-4,6,8-10,27H,5,7H2,(H,28,29). The van der Waals surface area contributed by atoms with Crippen molar-refractivity contribution in [3.05, 3.63) is 76.0 Å². The lowest BCUT2D eigenvalue weighted by Crippen LogP contribution is -2.50. The van der Waals surface area contributed by atoms with Crippen LogP contribution in [0.5, 0.6) is 11.5 Å². The summed E-state index contributed by atoms with van der Waals surface area (Å²) in [6.45, 7) is 0.163. The molecule has 2 aromatic heterocycles. The number of H-pyrrole nitrogens is 1. The average Bonchev–Trinajstić information content (AvgIpc) is 3.15. The predicted octanol–water partition coefficient (Wildman–Crippen LogP) is 4.67. The predicted molar refractivity (Wildman–Crippen MR) is 104 cm³/mol. The summed E-state index contributed by atoms with van der Waals surface area (Å²) in [5, 5.41) is 2.87. The molecule has 11 heteroatoms. The Morgan fingerprint density at radius 1 is 1.29 bits per heavy atom. The molecule has 6 nitrogen and oxygen atoms in total. The maximum atomic E-state index is 14.5. The fraction of sp³-hybridized carbons (Fsp3) is 0.200. The summed E-state index contributed by atoms with van der Waals surface area (Å²) in [5.41, 5.74) is -0.611. The molecule has 1 aromatic carbocycles. The molecule has 1 atom stereocenters. The van der Waals surface area contributed by atoms with Crippen molar-refractivity contribution < 1.29 is 31.8 Å². The number of ether oxygens (including phenoxy) is 2. The van der Waals surface area contributed by atoms with Gasteiger partial charge in [-0.05, 0) is 51.8 Å². The molecule has 1 aliphatic heterocycles. The van der Waals surface area contributed by atoms with E-state index in [0.29, 0.717) is 15.9 Å². The topological polar surface area (TPSA) is 76.2 Å². The van der Waals surface area contributed by atoms with Gasteiger partial charge >= 0.3 is 6.36 Å². The number of fused-ring (bicyclic) bond motifs is 1. The second-order valence-electron chi connectivity index (χ2n) is 6.73. The van der Waals surface area contributed by atoms with E-state index in [0.717, 1.165) is 12.1 Å². The number of hydrogen-bond acceptors (Lipinski definition) is 4. The van der Waals surface area contributed by atoms with Gasteiger partial charge in [0.1, 0.15) is 22.7 Å². The lowest BCUT2D eigenvalue weighted by molar-refractivity contribution is -0.275. The Balaban J connectivity index is 1.81. The zero-order valence-corrected chi connectivity index (χ0v) is 17.2. The number of benzene rings is 1. The number of alkyl halides is 3. The van der Waals surface area contributed by atoms with Crippen LogP contribution in [-0.2, 0) is 5.54 Å². The van der Waals surface area contributed by atoms with Crippen LogP contribution in [0.3, 0.4) is 0 Å². The number of halogens is 5. The van der Waals surface area contributed by atoms with Crippen molar-refractivity contribution in [3.63, 3.8) is 0 Å². The summed E-state index contributed by atoms with van der Waals surface area (Å²) in [7, 11) is 0. The van der Waals surface area contributed by atoms with Gasteiger partial charge in [0.25, 0.3) is 5.91 Å². The minimum Gasteiger partial charge on any atom is -0.491 e. The molecule has 0 aliphatic carbocycles. The first-order valence-electron chi connectivity index (χ1n) is 8.98. The smallest absolute Gasteiger partial charge is 0.491 e. The number of nitrogens with one attached hydrogen (secondary N) is 2. The molecule has 0 bridgehead atoms. The van der Waals surface area contributed by atoms with Crippen LogP contribution in [0.1, 0.15) is 28.2 Å². The average molecular weight is 500 g/mol. The number of hydrogen-bond donors (Lipinski definition) is 2. The van der Waals surface area contributed by atoms with Crippen molar-refractivity contribution in [2.24, 2.45) is 0 Å². The quantitative estimate of drug-likeness (QED) is 0.511. The van der Waals surface area contributed by atoms with Gasteiger partial charge in [-0.25, -0.2) is 4.39 Å². The van der Waals surface area contributed by atoms with Crippen molar-refractivity contribution in [2.75, 3.05) is 6.61 Å². The van der Waals surface area contributed by atoms with Crippen molar-refractivity contribution in [3.8, 4) is 11.5 Å². The first-order valence-corrected chi connectivity index (χ1v) is 9.78. The summed E-state index contributed by atoms with van der Waals surface area (Å²) in [4.78, 5) is 20.1. The molecule has 4 rings (SSSR count). The Hall–Kier alpha value is -3.08. The second kappa shape index (κ2) is 7.88. The third-order valence-electron chi connectivity index (χ3n) is 4.78. The van der Waals surface area contributed by atoms with Gasteiger partial charge in [0.2, 0.25) is 0 Å². The van der Waals surface area contributed by atoms with Gasteiger partial charge in [0.05, 0.1) is 6.61 Å². The van der Waals surface area contributed by atoms with E-state index in [-0.39, 0.29) is 24.3 Å². The number of pyridine rings is 1. The molecule has 31 heavy (non-hydrogen) atoms. The maximum absolute atomic E-state index is 14.5. The molecule has 2 N–H and O–H groups in total. The van der Waals surface area contributed by atoms with Crippen LogP contribution in [0.25, 0.3) is 0 Å². The molecule has 3 heterocycles. The lowest BCUT2D eigenvalue weighted by Gasteiger charge is -2.39. The zero-order chi connectivity index (χ0) is 22.2. The fourth-order valence-electron chi connectivity index (χ4n) is 3.47. The van der Waals surface area contributed by atoms with Crippen molar-refractivity contribution in [2.45, 2.75) is 18.3 Å². The zero-order valence-electron chi connectivity index (χ0n) is 15.6. The minimum atomic E-state index is -5.04. The molecule has 1 aliphatic rings. The Morgan fingerprint density at radius 2 is 2.10 bits per heavy atom. The van der Waals surface area contributed by atoms with Gasteiger partial charge < -0.3 is 19.8 Å². The van der Waals surface area contributed by atoms with Gasteiger partial charge in [0, 0.05) is 23.3 Å². The monoisotopic (exact) mass is 499 g/mol. The van der Waals surface area contributed by atoms with Crippen LogP contribution < -0.4 is 14.8 Å². The van der Waals surface area contributed by atoms with E-state index in [9.17, 15) is 22.4 Å². The van der Waals surface area contributed by atoms with Crippen LogP contribution >= 0.6 is 15.9 Å². The van der Waals surface area contributed by atoms with E-state index in [2.05, 4.69) is 36.0 Å². The first-order chi connectivity index (χ1) is 14.7. The molecule has 1 amide bonds. The molecule has 0 saturated heterocycles. The van der Waals surface area contributed by atoms with Crippen LogP contribution in [0.15, 0.2) is 53.3 Å². The second-order valence-corrected chi connectivity index (χ2v) is 7.65. The van der Waals surface area contributed by atoms with Gasteiger partial charge in [0.15, 0.2) is 11.6 Å². The molecule has 0 saturated carbocycles. The van der Waals surface area contributed by atoms with Gasteiger partial charge in [-0.15, -0.1) is 13.2 Å². The highest BCUT2D eigenvalue weighted by Crippen LogP contribution is 2.42. The molecule has 1 unspecified atom stereocenters. The van der Waals surface area contributed by atoms with E-state index in [1.54, 1.807) is 24.4 Å². The molecule has 0 fully saturated rings. The normalized spacial score (nSPS) is 18.1. The van der Waals surface area contributed by atoms with E-state index >= 15 is 0 Å². The van der Waals surface area contributed by atoms with Crippen LogP contribution in [0.2, 0.25) is 0 Å². The van der Waals surface area contributed by atoms with Crippen molar-refractivity contribution in [1.29, 1.82) is 0 Å².